The number of hydrogen-bond acceptors (Lipinski definition) is 3. The molecule has 2 N–H and O–H groups in total. The molecule has 1 aliphatic carbocycles. The lowest BCUT2D eigenvalue weighted by atomic mass is 9.87. The van der Waals surface area contributed by atoms with Crippen molar-refractivity contribution in [3.63, 3.8) is 0 Å². The topological polar surface area (TPSA) is 54.9 Å². The summed E-state index contributed by atoms with van der Waals surface area (Å²) in [4.78, 5) is 13.3. The van der Waals surface area contributed by atoms with Gasteiger partial charge in [0.15, 0.2) is 0 Å². The second-order valence-electron chi connectivity index (χ2n) is 6.94. The van der Waals surface area contributed by atoms with E-state index in [4.69, 9.17) is 4.42 Å². The first-order chi connectivity index (χ1) is 12.1. The Labute approximate surface area is 146 Å². The molecular weight excluding hydrogens is 314 g/mol. The highest BCUT2D eigenvalue weighted by molar-refractivity contribution is 5.81. The normalized spacial score (nSPS) is 18.0. The molecule has 3 aromatic rings. The summed E-state index contributed by atoms with van der Waals surface area (Å²) in [6.45, 7) is 0.742. The first-order valence-corrected chi connectivity index (χ1v) is 8.77. The van der Waals surface area contributed by atoms with E-state index >= 15 is 0 Å². The summed E-state index contributed by atoms with van der Waals surface area (Å²) in [5, 5.41) is 10.5. The van der Waals surface area contributed by atoms with Crippen molar-refractivity contribution in [2.45, 2.75) is 31.8 Å². The van der Waals surface area contributed by atoms with Crippen LogP contribution in [0.3, 0.4) is 0 Å². The summed E-state index contributed by atoms with van der Waals surface area (Å²) in [6.07, 6.45) is 3.50. The van der Waals surface area contributed by atoms with Crippen molar-refractivity contribution in [3.05, 3.63) is 75.6 Å². The number of aryl methyl sites for hydroxylation is 1. The molecule has 1 aliphatic rings. The third kappa shape index (κ3) is 3.05. The van der Waals surface area contributed by atoms with Gasteiger partial charge in [-0.1, -0.05) is 24.3 Å². The van der Waals surface area contributed by atoms with E-state index in [1.807, 2.05) is 6.07 Å². The quantitative estimate of drug-likeness (QED) is 0.723. The molecule has 0 saturated heterocycles. The number of aromatic hydroxyl groups is 1. The number of hydrogen-bond donors (Lipinski definition) is 2. The fourth-order valence-corrected chi connectivity index (χ4v) is 4.05. The first kappa shape index (κ1) is 15.9. The van der Waals surface area contributed by atoms with E-state index in [0.29, 0.717) is 11.6 Å². The van der Waals surface area contributed by atoms with Gasteiger partial charge in [-0.05, 0) is 30.5 Å². The maximum atomic E-state index is 11.9. The van der Waals surface area contributed by atoms with E-state index in [2.05, 4.69) is 31.3 Å². The number of benzene rings is 2. The van der Waals surface area contributed by atoms with Crippen molar-refractivity contribution in [1.29, 1.82) is 0 Å². The smallest absolute Gasteiger partial charge is 0.336 e. The molecule has 0 saturated carbocycles. The lowest BCUT2D eigenvalue weighted by Gasteiger charge is -2.30. The summed E-state index contributed by atoms with van der Waals surface area (Å²) in [5.41, 5.74) is 3.91. The standard InChI is InChI=1S/C21H21NO3/c1-22(19-8-4-6-14-5-2-3-7-17(14)19)13-15-11-21(24)25-20-12-16(23)9-10-18(15)20/h2-3,5,7,9-12,19,23H,4,6,8,13H2,1H3/p+1/t19-/m0/s1. The first-order valence-electron chi connectivity index (χ1n) is 8.77. The average Bonchev–Trinajstić information content (AvgIpc) is 2.60. The van der Waals surface area contributed by atoms with Crippen molar-refractivity contribution < 1.29 is 14.4 Å². The number of fused-ring (bicyclic) bond motifs is 2. The number of nitrogens with one attached hydrogen (secondary N) is 1. The summed E-state index contributed by atoms with van der Waals surface area (Å²) < 4.78 is 5.24. The van der Waals surface area contributed by atoms with Crippen LogP contribution in [0.2, 0.25) is 0 Å². The summed E-state index contributed by atoms with van der Waals surface area (Å²) in [7, 11) is 2.19. The number of rotatable bonds is 3. The highest BCUT2D eigenvalue weighted by Crippen LogP contribution is 2.28. The van der Waals surface area contributed by atoms with Crippen LogP contribution in [0.5, 0.6) is 5.75 Å². The second-order valence-corrected chi connectivity index (χ2v) is 6.94. The van der Waals surface area contributed by atoms with Gasteiger partial charge in [-0.25, -0.2) is 4.79 Å². The zero-order valence-corrected chi connectivity index (χ0v) is 14.3. The molecule has 1 heterocycles. The minimum atomic E-state index is -0.370. The van der Waals surface area contributed by atoms with Crippen LogP contribution in [-0.2, 0) is 13.0 Å². The van der Waals surface area contributed by atoms with Crippen LogP contribution in [0.15, 0.2) is 57.7 Å². The zero-order chi connectivity index (χ0) is 17.4. The lowest BCUT2D eigenvalue weighted by molar-refractivity contribution is -0.926. The van der Waals surface area contributed by atoms with Crippen LogP contribution in [0.25, 0.3) is 11.0 Å². The van der Waals surface area contributed by atoms with Gasteiger partial charge in [0, 0.05) is 35.1 Å². The van der Waals surface area contributed by atoms with Crippen LogP contribution in [0, 0.1) is 0 Å². The van der Waals surface area contributed by atoms with E-state index in [0.717, 1.165) is 30.3 Å². The van der Waals surface area contributed by atoms with E-state index < -0.39 is 0 Å². The molecule has 0 bridgehead atoms. The van der Waals surface area contributed by atoms with E-state index in [-0.39, 0.29) is 11.4 Å². The maximum absolute atomic E-state index is 11.9. The highest BCUT2D eigenvalue weighted by atomic mass is 16.4. The minimum absolute atomic E-state index is 0.106. The van der Waals surface area contributed by atoms with Crippen molar-refractivity contribution in [3.8, 4) is 5.75 Å². The molecule has 2 atom stereocenters. The van der Waals surface area contributed by atoms with E-state index in [1.165, 1.54) is 28.5 Å². The Morgan fingerprint density at radius 3 is 2.92 bits per heavy atom. The van der Waals surface area contributed by atoms with Gasteiger partial charge in [0.25, 0.3) is 0 Å². The summed E-state index contributed by atoms with van der Waals surface area (Å²) >= 11 is 0. The van der Waals surface area contributed by atoms with Crippen molar-refractivity contribution in [2.75, 3.05) is 7.05 Å². The predicted molar refractivity (Wildman–Crippen MR) is 96.9 cm³/mol. The van der Waals surface area contributed by atoms with Gasteiger partial charge < -0.3 is 14.4 Å². The lowest BCUT2D eigenvalue weighted by Crippen LogP contribution is -3.08. The van der Waals surface area contributed by atoms with Gasteiger partial charge in [-0.3, -0.25) is 0 Å². The molecule has 4 heteroatoms. The molecule has 2 aromatic carbocycles. The Balaban J connectivity index is 1.69. The third-order valence-electron chi connectivity index (χ3n) is 5.25. The Kier molecular flexibility index (Phi) is 4.06. The molecule has 25 heavy (non-hydrogen) atoms. The van der Waals surface area contributed by atoms with Crippen molar-refractivity contribution in [1.82, 2.24) is 0 Å². The molecule has 4 rings (SSSR count). The van der Waals surface area contributed by atoms with Crippen molar-refractivity contribution in [2.24, 2.45) is 0 Å². The summed E-state index contributed by atoms with van der Waals surface area (Å²) in [6, 6.07) is 15.7. The predicted octanol–water partition coefficient (Wildman–Crippen LogP) is 2.59. The molecule has 1 aromatic heterocycles. The Morgan fingerprint density at radius 1 is 1.20 bits per heavy atom. The molecule has 0 aliphatic heterocycles. The number of phenolic OH excluding ortho intramolecular Hbond substituents is 1. The molecule has 0 fully saturated rings. The van der Waals surface area contributed by atoms with E-state index in [9.17, 15) is 9.90 Å². The molecule has 4 nitrogen and oxygen atoms in total. The molecular formula is C21H22NO3+. The Morgan fingerprint density at radius 2 is 2.04 bits per heavy atom. The minimum Gasteiger partial charge on any atom is -0.508 e. The molecule has 0 amide bonds. The second kappa shape index (κ2) is 6.37. The van der Waals surface area contributed by atoms with Gasteiger partial charge in [-0.2, -0.15) is 0 Å². The van der Waals surface area contributed by atoms with Crippen LogP contribution in [0.1, 0.15) is 35.6 Å². The van der Waals surface area contributed by atoms with Gasteiger partial charge in [0.05, 0.1) is 7.05 Å². The molecule has 1 unspecified atom stereocenters. The Bertz CT molecular complexity index is 976. The zero-order valence-electron chi connectivity index (χ0n) is 14.3. The third-order valence-corrected chi connectivity index (χ3v) is 5.25. The molecule has 0 radical (unpaired) electrons. The summed E-state index contributed by atoms with van der Waals surface area (Å²) in [5.74, 6) is 0.106. The fraction of sp³-hybridized carbons (Fsp3) is 0.286. The number of phenols is 1. The molecule has 0 spiro atoms. The van der Waals surface area contributed by atoms with Crippen LogP contribution in [-0.4, -0.2) is 12.2 Å². The van der Waals surface area contributed by atoms with Crippen LogP contribution in [0.4, 0.5) is 0 Å². The Hall–Kier alpha value is -2.59. The molecule has 128 valence electrons. The largest absolute Gasteiger partial charge is 0.508 e. The number of quaternary nitrogens is 1. The van der Waals surface area contributed by atoms with Crippen LogP contribution < -0.4 is 10.5 Å². The maximum Gasteiger partial charge on any atom is 0.336 e. The average molecular weight is 336 g/mol. The SMILES string of the molecule is C[NH+](Cc1cc(=O)oc2cc(O)ccc12)[C@H]1CCCc2ccccc21. The highest BCUT2D eigenvalue weighted by Gasteiger charge is 2.27. The van der Waals surface area contributed by atoms with Crippen LogP contribution >= 0.6 is 0 Å². The van der Waals surface area contributed by atoms with Gasteiger partial charge in [-0.15, -0.1) is 0 Å². The van der Waals surface area contributed by atoms with Crippen molar-refractivity contribution >= 4 is 11.0 Å². The fourth-order valence-electron chi connectivity index (χ4n) is 4.05. The monoisotopic (exact) mass is 336 g/mol. The van der Waals surface area contributed by atoms with Gasteiger partial charge in [0.1, 0.15) is 23.9 Å². The van der Waals surface area contributed by atoms with E-state index in [1.54, 1.807) is 12.1 Å². The van der Waals surface area contributed by atoms with Gasteiger partial charge >= 0.3 is 5.63 Å². The van der Waals surface area contributed by atoms with Gasteiger partial charge in [0.2, 0.25) is 0 Å².